The SMILES string of the molecule is Cc1ccc(C(=O)Nc2nnc(S(=O)(=O)NC3CCCCC3)s2)cc1. The number of sulfonamides is 1. The van der Waals surface area contributed by atoms with Gasteiger partial charge in [0.2, 0.25) is 9.47 Å². The standard InChI is InChI=1S/C16H20N4O3S2/c1-11-7-9-12(10-8-11)14(21)17-15-18-19-16(24-15)25(22,23)20-13-5-3-2-4-6-13/h7-10,13,20H,2-6H2,1H3,(H,17,18,21). The first-order chi connectivity index (χ1) is 11.9. The Balaban J connectivity index is 1.66. The Labute approximate surface area is 150 Å². The number of benzene rings is 1. The minimum absolute atomic E-state index is 0.0479. The average Bonchev–Trinajstić information content (AvgIpc) is 3.05. The van der Waals surface area contributed by atoms with Gasteiger partial charge in [-0.2, -0.15) is 0 Å². The van der Waals surface area contributed by atoms with Crippen molar-refractivity contribution < 1.29 is 13.2 Å². The number of nitrogens with zero attached hydrogens (tertiary/aromatic N) is 2. The van der Waals surface area contributed by atoms with Gasteiger partial charge in [-0.1, -0.05) is 48.3 Å². The molecule has 7 nitrogen and oxygen atoms in total. The Morgan fingerprint density at radius 2 is 1.80 bits per heavy atom. The zero-order chi connectivity index (χ0) is 17.9. The van der Waals surface area contributed by atoms with Crippen LogP contribution in [0.3, 0.4) is 0 Å². The normalized spacial score (nSPS) is 15.9. The molecule has 25 heavy (non-hydrogen) atoms. The van der Waals surface area contributed by atoms with Crippen molar-refractivity contribution in [2.24, 2.45) is 0 Å². The zero-order valence-corrected chi connectivity index (χ0v) is 15.5. The third-order valence-corrected chi connectivity index (χ3v) is 6.82. The largest absolute Gasteiger partial charge is 0.296 e. The maximum Gasteiger partial charge on any atom is 0.270 e. The van der Waals surface area contributed by atoms with Crippen LogP contribution in [-0.2, 0) is 10.0 Å². The molecule has 1 amide bonds. The van der Waals surface area contributed by atoms with Crippen LogP contribution in [0, 0.1) is 6.92 Å². The van der Waals surface area contributed by atoms with Crippen LogP contribution in [0.4, 0.5) is 5.13 Å². The van der Waals surface area contributed by atoms with Crippen molar-refractivity contribution in [2.75, 3.05) is 5.32 Å². The summed E-state index contributed by atoms with van der Waals surface area (Å²) in [6, 6.07) is 7.02. The average molecular weight is 380 g/mol. The first-order valence-electron chi connectivity index (χ1n) is 8.18. The Kier molecular flexibility index (Phi) is 5.45. The van der Waals surface area contributed by atoms with Gasteiger partial charge in [-0.3, -0.25) is 10.1 Å². The van der Waals surface area contributed by atoms with Gasteiger partial charge in [0.05, 0.1) is 0 Å². The molecule has 1 aromatic carbocycles. The van der Waals surface area contributed by atoms with Gasteiger partial charge in [0, 0.05) is 11.6 Å². The van der Waals surface area contributed by atoms with Crippen molar-refractivity contribution >= 4 is 32.4 Å². The molecule has 1 aliphatic rings. The van der Waals surface area contributed by atoms with E-state index >= 15 is 0 Å². The molecule has 1 aliphatic carbocycles. The van der Waals surface area contributed by atoms with Gasteiger partial charge in [0.15, 0.2) is 0 Å². The molecule has 0 saturated heterocycles. The highest BCUT2D eigenvalue weighted by atomic mass is 32.2. The van der Waals surface area contributed by atoms with Crippen molar-refractivity contribution in [1.29, 1.82) is 0 Å². The minimum atomic E-state index is -3.70. The van der Waals surface area contributed by atoms with Crippen LogP contribution >= 0.6 is 11.3 Å². The van der Waals surface area contributed by atoms with Crippen LogP contribution in [0.2, 0.25) is 0 Å². The maximum atomic E-state index is 12.4. The summed E-state index contributed by atoms with van der Waals surface area (Å²) in [5.41, 5.74) is 1.53. The molecule has 0 aliphatic heterocycles. The van der Waals surface area contributed by atoms with Crippen LogP contribution < -0.4 is 10.0 Å². The number of hydrogen-bond acceptors (Lipinski definition) is 6. The van der Waals surface area contributed by atoms with Crippen LogP contribution in [0.1, 0.15) is 48.0 Å². The number of amides is 1. The summed E-state index contributed by atoms with van der Waals surface area (Å²) in [7, 11) is -3.70. The maximum absolute atomic E-state index is 12.4. The van der Waals surface area contributed by atoms with Gasteiger partial charge >= 0.3 is 0 Å². The third kappa shape index (κ3) is 4.62. The molecule has 3 rings (SSSR count). The van der Waals surface area contributed by atoms with E-state index in [-0.39, 0.29) is 21.4 Å². The number of carbonyl (C=O) groups excluding carboxylic acids is 1. The van der Waals surface area contributed by atoms with E-state index < -0.39 is 10.0 Å². The van der Waals surface area contributed by atoms with Crippen molar-refractivity contribution in [3.63, 3.8) is 0 Å². The van der Waals surface area contributed by atoms with Gasteiger partial charge in [-0.25, -0.2) is 13.1 Å². The van der Waals surface area contributed by atoms with Gasteiger partial charge in [-0.05, 0) is 31.9 Å². The summed E-state index contributed by atoms with van der Waals surface area (Å²) in [6.45, 7) is 1.93. The first-order valence-corrected chi connectivity index (χ1v) is 10.5. The monoisotopic (exact) mass is 380 g/mol. The Bertz CT molecular complexity index is 841. The smallest absolute Gasteiger partial charge is 0.270 e. The zero-order valence-electron chi connectivity index (χ0n) is 13.9. The second-order valence-corrected chi connectivity index (χ2v) is 9.01. The number of rotatable bonds is 5. The highest BCUT2D eigenvalue weighted by Gasteiger charge is 2.25. The molecule has 9 heteroatoms. The molecular formula is C16H20N4O3S2. The van der Waals surface area contributed by atoms with E-state index in [0.29, 0.717) is 5.56 Å². The molecule has 0 bridgehead atoms. The Morgan fingerprint density at radius 3 is 2.48 bits per heavy atom. The van der Waals surface area contributed by atoms with Crippen molar-refractivity contribution in [1.82, 2.24) is 14.9 Å². The van der Waals surface area contributed by atoms with Crippen LogP contribution in [0.15, 0.2) is 28.6 Å². The fourth-order valence-electron chi connectivity index (χ4n) is 2.73. The first kappa shape index (κ1) is 18.0. The van der Waals surface area contributed by atoms with Crippen molar-refractivity contribution in [3.05, 3.63) is 35.4 Å². The van der Waals surface area contributed by atoms with Gasteiger partial charge in [0.1, 0.15) is 0 Å². The molecule has 1 heterocycles. The van der Waals surface area contributed by atoms with Gasteiger partial charge in [-0.15, -0.1) is 10.2 Å². The number of carbonyl (C=O) groups is 1. The second kappa shape index (κ2) is 7.59. The predicted octanol–water partition coefficient (Wildman–Crippen LogP) is 2.71. The molecule has 1 saturated carbocycles. The number of aromatic nitrogens is 2. The lowest BCUT2D eigenvalue weighted by atomic mass is 9.96. The van der Waals surface area contributed by atoms with E-state index in [4.69, 9.17) is 0 Å². The molecular weight excluding hydrogens is 360 g/mol. The summed E-state index contributed by atoms with van der Waals surface area (Å²) in [4.78, 5) is 12.2. The molecule has 0 unspecified atom stereocenters. The van der Waals surface area contributed by atoms with E-state index in [2.05, 4.69) is 20.2 Å². The van der Waals surface area contributed by atoms with Crippen LogP contribution in [-0.4, -0.2) is 30.6 Å². The van der Waals surface area contributed by atoms with E-state index in [1.165, 1.54) is 0 Å². The molecule has 2 aromatic rings. The quantitative estimate of drug-likeness (QED) is 0.777. The summed E-state index contributed by atoms with van der Waals surface area (Å²) in [6.07, 6.45) is 4.89. The summed E-state index contributed by atoms with van der Waals surface area (Å²) in [5.74, 6) is -0.347. The fourth-order valence-corrected chi connectivity index (χ4v) is 4.95. The van der Waals surface area contributed by atoms with Crippen LogP contribution in [0.25, 0.3) is 0 Å². The lowest BCUT2D eigenvalue weighted by molar-refractivity contribution is 0.102. The Morgan fingerprint density at radius 1 is 1.12 bits per heavy atom. The highest BCUT2D eigenvalue weighted by Crippen LogP contribution is 2.23. The number of anilines is 1. The number of aryl methyl sites for hydroxylation is 1. The lowest BCUT2D eigenvalue weighted by Gasteiger charge is -2.21. The molecule has 0 spiro atoms. The highest BCUT2D eigenvalue weighted by molar-refractivity contribution is 7.91. The summed E-state index contributed by atoms with van der Waals surface area (Å²) in [5, 5.41) is 10.2. The topological polar surface area (TPSA) is 101 Å². The van der Waals surface area contributed by atoms with E-state index in [1.807, 2.05) is 19.1 Å². The third-order valence-electron chi connectivity index (χ3n) is 4.10. The molecule has 134 valence electrons. The van der Waals surface area contributed by atoms with Crippen LogP contribution in [0.5, 0.6) is 0 Å². The second-order valence-electron chi connectivity index (χ2n) is 6.15. The fraction of sp³-hybridized carbons (Fsp3) is 0.438. The van der Waals surface area contributed by atoms with E-state index in [9.17, 15) is 13.2 Å². The molecule has 1 fully saturated rings. The van der Waals surface area contributed by atoms with E-state index in [0.717, 1.165) is 49.0 Å². The van der Waals surface area contributed by atoms with E-state index in [1.54, 1.807) is 12.1 Å². The predicted molar refractivity (Wildman–Crippen MR) is 96.2 cm³/mol. The summed E-state index contributed by atoms with van der Waals surface area (Å²) < 4.78 is 27.3. The minimum Gasteiger partial charge on any atom is -0.296 e. The molecule has 0 atom stereocenters. The van der Waals surface area contributed by atoms with Gasteiger partial charge < -0.3 is 0 Å². The molecule has 2 N–H and O–H groups in total. The molecule has 1 aromatic heterocycles. The lowest BCUT2D eigenvalue weighted by Crippen LogP contribution is -2.36. The number of hydrogen-bond donors (Lipinski definition) is 2. The van der Waals surface area contributed by atoms with Crippen molar-refractivity contribution in [3.8, 4) is 0 Å². The van der Waals surface area contributed by atoms with Gasteiger partial charge in [0.25, 0.3) is 15.9 Å². The molecule has 0 radical (unpaired) electrons. The number of nitrogens with one attached hydrogen (secondary N) is 2. The Hall–Kier alpha value is -1.84. The summed E-state index contributed by atoms with van der Waals surface area (Å²) >= 11 is 0.850. The van der Waals surface area contributed by atoms with Crippen molar-refractivity contribution in [2.45, 2.75) is 49.4 Å².